The Balaban J connectivity index is 2.44. The minimum absolute atomic E-state index is 0.0824. The summed E-state index contributed by atoms with van der Waals surface area (Å²) < 4.78 is 0. The maximum Gasteiger partial charge on any atom is 0.252 e. The van der Waals surface area contributed by atoms with Crippen molar-refractivity contribution in [3.63, 3.8) is 0 Å². The zero-order chi connectivity index (χ0) is 15.5. The van der Waals surface area contributed by atoms with Crippen LogP contribution in [0.2, 0.25) is 5.15 Å². The number of rotatable bonds is 5. The number of para-hydroxylation sites is 1. The van der Waals surface area contributed by atoms with E-state index < -0.39 is 0 Å². The first-order valence-corrected chi connectivity index (χ1v) is 7.80. The lowest BCUT2D eigenvalue weighted by Crippen LogP contribution is -2.47. The van der Waals surface area contributed by atoms with Crippen LogP contribution >= 0.6 is 11.6 Å². The molecule has 0 bridgehead atoms. The molecule has 0 aliphatic heterocycles. The lowest BCUT2D eigenvalue weighted by atomic mass is 9.89. The highest BCUT2D eigenvalue weighted by molar-refractivity contribution is 6.30. The monoisotopic (exact) mass is 304 g/mol. The maximum atomic E-state index is 12.7. The highest BCUT2D eigenvalue weighted by Gasteiger charge is 2.27. The summed E-state index contributed by atoms with van der Waals surface area (Å²) in [6.45, 7) is 6.31. The van der Waals surface area contributed by atoms with Gasteiger partial charge in [0.2, 0.25) is 0 Å². The Kier molecular flexibility index (Phi) is 4.84. The molecule has 0 atom stereocenters. The molecule has 2 aromatic rings. The van der Waals surface area contributed by atoms with Crippen LogP contribution in [0, 0.1) is 0 Å². The third kappa shape index (κ3) is 3.18. The molecule has 3 nitrogen and oxygen atoms in total. The number of carbonyl (C=O) groups excluding carboxylic acids is 1. The summed E-state index contributed by atoms with van der Waals surface area (Å²) >= 11 is 6.05. The Bertz CT molecular complexity index is 642. The highest BCUT2D eigenvalue weighted by Crippen LogP contribution is 2.24. The van der Waals surface area contributed by atoms with Crippen molar-refractivity contribution in [3.8, 4) is 0 Å². The van der Waals surface area contributed by atoms with Crippen molar-refractivity contribution in [2.24, 2.45) is 0 Å². The molecule has 0 spiro atoms. The van der Waals surface area contributed by atoms with Crippen molar-refractivity contribution in [1.29, 1.82) is 0 Å². The number of amides is 1. The Morgan fingerprint density at radius 3 is 2.43 bits per heavy atom. The van der Waals surface area contributed by atoms with Crippen LogP contribution in [0.4, 0.5) is 0 Å². The number of nitrogens with zero attached hydrogens (tertiary/aromatic N) is 1. The fourth-order valence-corrected chi connectivity index (χ4v) is 2.85. The average molecular weight is 305 g/mol. The van der Waals surface area contributed by atoms with Gasteiger partial charge in [0.1, 0.15) is 5.15 Å². The number of halogens is 1. The molecular formula is C17H21ClN2O. The molecule has 1 amide bonds. The molecule has 0 fully saturated rings. The number of hydrogen-bond acceptors (Lipinski definition) is 2. The molecule has 0 aliphatic rings. The molecular weight excluding hydrogens is 284 g/mol. The average Bonchev–Trinajstić information content (AvgIpc) is 2.51. The minimum atomic E-state index is -0.159. The van der Waals surface area contributed by atoms with Crippen molar-refractivity contribution in [2.45, 2.75) is 45.6 Å². The van der Waals surface area contributed by atoms with Crippen LogP contribution in [0.5, 0.6) is 0 Å². The van der Waals surface area contributed by atoms with Gasteiger partial charge in [-0.3, -0.25) is 4.79 Å². The smallest absolute Gasteiger partial charge is 0.252 e. The zero-order valence-corrected chi connectivity index (χ0v) is 13.5. The van der Waals surface area contributed by atoms with Gasteiger partial charge in [-0.25, -0.2) is 4.98 Å². The van der Waals surface area contributed by atoms with Crippen LogP contribution in [-0.2, 0) is 0 Å². The summed E-state index contributed by atoms with van der Waals surface area (Å²) in [7, 11) is 0. The van der Waals surface area contributed by atoms with E-state index in [9.17, 15) is 4.79 Å². The summed E-state index contributed by atoms with van der Waals surface area (Å²) in [6.07, 6.45) is 2.72. The number of benzene rings is 1. The maximum absolute atomic E-state index is 12.7. The number of nitrogens with one attached hydrogen (secondary N) is 1. The second-order valence-electron chi connectivity index (χ2n) is 5.30. The van der Waals surface area contributed by atoms with Crippen LogP contribution in [0.1, 0.15) is 50.4 Å². The summed E-state index contributed by atoms with van der Waals surface area (Å²) in [6, 6.07) is 9.21. The van der Waals surface area contributed by atoms with E-state index in [0.717, 1.165) is 30.2 Å². The van der Waals surface area contributed by atoms with E-state index >= 15 is 0 Å². The molecule has 112 valence electrons. The Labute approximate surface area is 130 Å². The molecule has 0 saturated carbocycles. The van der Waals surface area contributed by atoms with Gasteiger partial charge in [0, 0.05) is 10.9 Å². The standard InChI is InChI=1S/C17H21ClN2O/c1-4-17(5-2,6-3)20-16(21)13-11-15(18)19-14-10-8-7-9-12(13)14/h7-11H,4-6H2,1-3H3,(H,20,21). The van der Waals surface area contributed by atoms with E-state index in [1.54, 1.807) is 6.07 Å². The molecule has 1 aromatic heterocycles. The fourth-order valence-electron chi connectivity index (χ4n) is 2.65. The normalized spacial score (nSPS) is 11.6. The van der Waals surface area contributed by atoms with Crippen LogP contribution < -0.4 is 5.32 Å². The van der Waals surface area contributed by atoms with Gasteiger partial charge < -0.3 is 5.32 Å². The van der Waals surface area contributed by atoms with Gasteiger partial charge >= 0.3 is 0 Å². The molecule has 0 unspecified atom stereocenters. The van der Waals surface area contributed by atoms with Crippen LogP contribution in [0.15, 0.2) is 30.3 Å². The Hall–Kier alpha value is -1.61. The first-order valence-electron chi connectivity index (χ1n) is 7.43. The SMILES string of the molecule is CCC(CC)(CC)NC(=O)c1cc(Cl)nc2ccccc12. The van der Waals surface area contributed by atoms with Crippen LogP contribution in [0.25, 0.3) is 10.9 Å². The largest absolute Gasteiger partial charge is 0.347 e. The summed E-state index contributed by atoms with van der Waals surface area (Å²) in [5.74, 6) is -0.0824. The zero-order valence-electron chi connectivity index (χ0n) is 12.7. The molecule has 2 rings (SSSR count). The molecule has 4 heteroatoms. The summed E-state index contributed by atoms with van der Waals surface area (Å²) in [5, 5.41) is 4.36. The van der Waals surface area contributed by atoms with E-state index in [1.807, 2.05) is 24.3 Å². The van der Waals surface area contributed by atoms with Gasteiger partial charge in [0.15, 0.2) is 0 Å². The molecule has 0 saturated heterocycles. The van der Waals surface area contributed by atoms with Crippen LogP contribution in [-0.4, -0.2) is 16.4 Å². The van der Waals surface area contributed by atoms with Gasteiger partial charge in [-0.1, -0.05) is 50.6 Å². The second kappa shape index (κ2) is 6.44. The van der Waals surface area contributed by atoms with Crippen molar-refractivity contribution in [3.05, 3.63) is 41.0 Å². The number of aromatic nitrogens is 1. The highest BCUT2D eigenvalue weighted by atomic mass is 35.5. The molecule has 1 aromatic carbocycles. The fraction of sp³-hybridized carbons (Fsp3) is 0.412. The predicted molar refractivity (Wildman–Crippen MR) is 87.8 cm³/mol. The van der Waals surface area contributed by atoms with Gasteiger partial charge in [-0.05, 0) is 31.4 Å². The third-order valence-corrected chi connectivity index (χ3v) is 4.53. The third-order valence-electron chi connectivity index (χ3n) is 4.34. The first kappa shape index (κ1) is 15.8. The van der Waals surface area contributed by atoms with Gasteiger partial charge in [0.25, 0.3) is 5.91 Å². The number of fused-ring (bicyclic) bond motifs is 1. The van der Waals surface area contributed by atoms with Crippen molar-refractivity contribution < 1.29 is 4.79 Å². The summed E-state index contributed by atoms with van der Waals surface area (Å²) in [4.78, 5) is 17.0. The van der Waals surface area contributed by atoms with Gasteiger partial charge in [-0.15, -0.1) is 0 Å². The number of carbonyl (C=O) groups is 1. The second-order valence-corrected chi connectivity index (χ2v) is 5.69. The number of pyridine rings is 1. The van der Waals surface area contributed by atoms with E-state index in [1.165, 1.54) is 0 Å². The Morgan fingerprint density at radius 2 is 1.81 bits per heavy atom. The van der Waals surface area contributed by atoms with Crippen LogP contribution in [0.3, 0.4) is 0 Å². The predicted octanol–water partition coefficient (Wildman–Crippen LogP) is 4.59. The molecule has 1 heterocycles. The molecule has 0 radical (unpaired) electrons. The summed E-state index contributed by atoms with van der Waals surface area (Å²) in [5.41, 5.74) is 1.17. The molecule has 21 heavy (non-hydrogen) atoms. The lowest BCUT2D eigenvalue weighted by molar-refractivity contribution is 0.0890. The molecule has 1 N–H and O–H groups in total. The number of hydrogen-bond donors (Lipinski definition) is 1. The van der Waals surface area contributed by atoms with Crippen molar-refractivity contribution in [2.75, 3.05) is 0 Å². The van der Waals surface area contributed by atoms with Gasteiger partial charge in [-0.2, -0.15) is 0 Å². The Morgan fingerprint density at radius 1 is 1.19 bits per heavy atom. The van der Waals surface area contributed by atoms with E-state index in [2.05, 4.69) is 31.1 Å². The first-order chi connectivity index (χ1) is 10.0. The quantitative estimate of drug-likeness (QED) is 0.821. The van der Waals surface area contributed by atoms with Crippen molar-refractivity contribution >= 4 is 28.4 Å². The lowest BCUT2D eigenvalue weighted by Gasteiger charge is -2.32. The van der Waals surface area contributed by atoms with E-state index in [0.29, 0.717) is 10.7 Å². The van der Waals surface area contributed by atoms with E-state index in [-0.39, 0.29) is 11.4 Å². The van der Waals surface area contributed by atoms with E-state index in [4.69, 9.17) is 11.6 Å². The topological polar surface area (TPSA) is 42.0 Å². The molecule has 0 aliphatic carbocycles. The van der Waals surface area contributed by atoms with Crippen molar-refractivity contribution in [1.82, 2.24) is 10.3 Å². The minimum Gasteiger partial charge on any atom is -0.347 e. The van der Waals surface area contributed by atoms with Gasteiger partial charge in [0.05, 0.1) is 11.1 Å².